The minimum Gasteiger partial charge on any atom is -0.394 e. The maximum Gasteiger partial charge on any atom is 0.0670 e. The van der Waals surface area contributed by atoms with Gasteiger partial charge in [-0.05, 0) is 30.4 Å². The highest BCUT2D eigenvalue weighted by Crippen LogP contribution is 2.29. The molecular formula is C16H23NO2. The zero-order valence-electron chi connectivity index (χ0n) is 11.3. The van der Waals surface area contributed by atoms with Crippen molar-refractivity contribution in [3.8, 4) is 0 Å². The lowest BCUT2D eigenvalue weighted by Crippen LogP contribution is -2.41. The summed E-state index contributed by atoms with van der Waals surface area (Å²) in [6.07, 6.45) is 4.03. The van der Waals surface area contributed by atoms with E-state index in [1.54, 1.807) is 0 Å². The molecule has 0 bridgehead atoms. The van der Waals surface area contributed by atoms with Gasteiger partial charge >= 0.3 is 0 Å². The van der Waals surface area contributed by atoms with Crippen LogP contribution < -0.4 is 0 Å². The van der Waals surface area contributed by atoms with Crippen molar-refractivity contribution < 1.29 is 10.2 Å². The standard InChI is InChI=1S/C16H23NO2/c1-2-3-7-14(19)11-17-10-9-13-6-4-5-8-15(13)16(17)12-18/h2,4-6,8,14,16,18-19H,1,3,7,9-12H2. The number of aliphatic hydroxyl groups is 2. The number of hydrogen-bond donors (Lipinski definition) is 2. The van der Waals surface area contributed by atoms with Crippen LogP contribution in [0.1, 0.15) is 30.0 Å². The lowest BCUT2D eigenvalue weighted by Gasteiger charge is -2.37. The van der Waals surface area contributed by atoms with Crippen LogP contribution in [0.3, 0.4) is 0 Å². The quantitative estimate of drug-likeness (QED) is 0.769. The molecule has 0 saturated carbocycles. The number of β-amino-alcohol motifs (C(OH)–C–C–N with tert-alkyl or cyclic N) is 1. The number of allylic oxidation sites excluding steroid dienone is 1. The summed E-state index contributed by atoms with van der Waals surface area (Å²) in [5.74, 6) is 0. The lowest BCUT2D eigenvalue weighted by molar-refractivity contribution is 0.0534. The Kier molecular flexibility index (Phi) is 5.14. The normalized spacial score (nSPS) is 20.8. The van der Waals surface area contributed by atoms with Gasteiger partial charge in [-0.2, -0.15) is 0 Å². The fourth-order valence-electron chi connectivity index (χ4n) is 2.81. The van der Waals surface area contributed by atoms with Crippen molar-refractivity contribution >= 4 is 0 Å². The summed E-state index contributed by atoms with van der Waals surface area (Å²) < 4.78 is 0. The Balaban J connectivity index is 2.05. The van der Waals surface area contributed by atoms with Crippen LogP contribution in [-0.4, -0.2) is 40.9 Å². The largest absolute Gasteiger partial charge is 0.394 e. The van der Waals surface area contributed by atoms with Crippen molar-refractivity contribution in [1.82, 2.24) is 4.90 Å². The second-order valence-corrected chi connectivity index (χ2v) is 5.16. The van der Waals surface area contributed by atoms with Crippen LogP contribution in [0.2, 0.25) is 0 Å². The number of rotatable bonds is 6. The minimum absolute atomic E-state index is 0.0170. The number of benzene rings is 1. The van der Waals surface area contributed by atoms with Crippen LogP contribution in [0, 0.1) is 0 Å². The first kappa shape index (κ1) is 14.3. The molecule has 1 aliphatic rings. The Hall–Kier alpha value is -1.16. The predicted octanol–water partition coefficient (Wildman–Crippen LogP) is 1.91. The topological polar surface area (TPSA) is 43.7 Å². The molecule has 3 nitrogen and oxygen atoms in total. The predicted molar refractivity (Wildman–Crippen MR) is 77.0 cm³/mol. The number of nitrogens with zero attached hydrogens (tertiary/aromatic N) is 1. The van der Waals surface area contributed by atoms with E-state index >= 15 is 0 Å². The van der Waals surface area contributed by atoms with Crippen LogP contribution in [0.15, 0.2) is 36.9 Å². The van der Waals surface area contributed by atoms with Crippen LogP contribution in [0.5, 0.6) is 0 Å². The summed E-state index contributed by atoms with van der Waals surface area (Å²) in [6, 6.07) is 8.28. The maximum atomic E-state index is 10.0. The summed E-state index contributed by atoms with van der Waals surface area (Å²) in [4.78, 5) is 2.19. The van der Waals surface area contributed by atoms with E-state index < -0.39 is 0 Å². The van der Waals surface area contributed by atoms with E-state index in [9.17, 15) is 10.2 Å². The van der Waals surface area contributed by atoms with Crippen molar-refractivity contribution in [2.75, 3.05) is 19.7 Å². The number of aliphatic hydroxyl groups excluding tert-OH is 2. The molecule has 0 radical (unpaired) electrons. The highest BCUT2D eigenvalue weighted by Gasteiger charge is 2.27. The third-order valence-corrected chi connectivity index (χ3v) is 3.85. The third kappa shape index (κ3) is 3.44. The van der Waals surface area contributed by atoms with Gasteiger partial charge in [0.2, 0.25) is 0 Å². The molecule has 104 valence electrons. The van der Waals surface area contributed by atoms with E-state index in [2.05, 4.69) is 23.6 Å². The second kappa shape index (κ2) is 6.85. The summed E-state index contributed by atoms with van der Waals surface area (Å²) in [5.41, 5.74) is 2.52. The molecule has 2 unspecified atom stereocenters. The van der Waals surface area contributed by atoms with Crippen molar-refractivity contribution in [3.63, 3.8) is 0 Å². The fourth-order valence-corrected chi connectivity index (χ4v) is 2.81. The zero-order chi connectivity index (χ0) is 13.7. The molecule has 1 aliphatic heterocycles. The molecule has 0 fully saturated rings. The Morgan fingerprint density at radius 2 is 2.21 bits per heavy atom. The van der Waals surface area contributed by atoms with E-state index in [1.165, 1.54) is 11.1 Å². The lowest BCUT2D eigenvalue weighted by atomic mass is 9.92. The highest BCUT2D eigenvalue weighted by molar-refractivity contribution is 5.32. The third-order valence-electron chi connectivity index (χ3n) is 3.85. The van der Waals surface area contributed by atoms with Crippen molar-refractivity contribution in [3.05, 3.63) is 48.0 Å². The summed E-state index contributed by atoms with van der Waals surface area (Å²) in [7, 11) is 0. The molecule has 1 aromatic rings. The molecule has 2 rings (SSSR count). The zero-order valence-corrected chi connectivity index (χ0v) is 11.3. The first-order chi connectivity index (χ1) is 9.26. The Bertz CT molecular complexity index is 419. The molecule has 0 aromatic heterocycles. The van der Waals surface area contributed by atoms with Crippen LogP contribution in [0.25, 0.3) is 0 Å². The van der Waals surface area contributed by atoms with E-state index in [-0.39, 0.29) is 18.8 Å². The van der Waals surface area contributed by atoms with E-state index in [4.69, 9.17) is 0 Å². The summed E-state index contributed by atoms with van der Waals surface area (Å²) in [5, 5.41) is 19.7. The van der Waals surface area contributed by atoms with E-state index in [1.807, 2.05) is 18.2 Å². The average molecular weight is 261 g/mol. The SMILES string of the molecule is C=CCCC(O)CN1CCc2ccccc2C1CO. The van der Waals surface area contributed by atoms with Crippen LogP contribution >= 0.6 is 0 Å². The van der Waals surface area contributed by atoms with E-state index in [0.717, 1.165) is 25.8 Å². The number of fused-ring (bicyclic) bond motifs is 1. The highest BCUT2D eigenvalue weighted by atomic mass is 16.3. The van der Waals surface area contributed by atoms with E-state index in [0.29, 0.717) is 6.54 Å². The molecule has 0 spiro atoms. The average Bonchev–Trinajstić information content (AvgIpc) is 2.45. The van der Waals surface area contributed by atoms with Gasteiger partial charge in [0, 0.05) is 13.1 Å². The molecule has 0 amide bonds. The monoisotopic (exact) mass is 261 g/mol. The molecule has 0 saturated heterocycles. The molecule has 3 heteroatoms. The second-order valence-electron chi connectivity index (χ2n) is 5.16. The fraction of sp³-hybridized carbons (Fsp3) is 0.500. The molecule has 1 aromatic carbocycles. The van der Waals surface area contributed by atoms with Crippen LogP contribution in [0.4, 0.5) is 0 Å². The van der Waals surface area contributed by atoms with Gasteiger partial charge in [-0.25, -0.2) is 0 Å². The van der Waals surface area contributed by atoms with Crippen molar-refractivity contribution in [2.24, 2.45) is 0 Å². The van der Waals surface area contributed by atoms with Gasteiger partial charge < -0.3 is 10.2 Å². The number of hydrogen-bond acceptors (Lipinski definition) is 3. The molecule has 0 aliphatic carbocycles. The van der Waals surface area contributed by atoms with Gasteiger partial charge in [-0.1, -0.05) is 30.3 Å². The minimum atomic E-state index is -0.350. The maximum absolute atomic E-state index is 10.0. The van der Waals surface area contributed by atoms with Gasteiger partial charge in [0.25, 0.3) is 0 Å². The van der Waals surface area contributed by atoms with Gasteiger partial charge in [-0.3, -0.25) is 4.90 Å². The first-order valence-corrected chi connectivity index (χ1v) is 6.98. The molecule has 2 N–H and O–H groups in total. The van der Waals surface area contributed by atoms with Gasteiger partial charge in [0.15, 0.2) is 0 Å². The summed E-state index contributed by atoms with van der Waals surface area (Å²) in [6.45, 7) is 5.29. The molecule has 2 atom stereocenters. The van der Waals surface area contributed by atoms with Crippen LogP contribution in [-0.2, 0) is 6.42 Å². The van der Waals surface area contributed by atoms with Crippen molar-refractivity contribution in [2.45, 2.75) is 31.4 Å². The smallest absolute Gasteiger partial charge is 0.0670 e. The van der Waals surface area contributed by atoms with Gasteiger partial charge in [0.1, 0.15) is 0 Å². The Morgan fingerprint density at radius 3 is 2.95 bits per heavy atom. The Morgan fingerprint density at radius 1 is 1.42 bits per heavy atom. The molecule has 1 heterocycles. The molecular weight excluding hydrogens is 238 g/mol. The Labute approximate surface area is 115 Å². The van der Waals surface area contributed by atoms with Gasteiger partial charge in [-0.15, -0.1) is 6.58 Å². The summed E-state index contributed by atoms with van der Waals surface area (Å²) >= 11 is 0. The molecule has 19 heavy (non-hydrogen) atoms. The van der Waals surface area contributed by atoms with Crippen molar-refractivity contribution in [1.29, 1.82) is 0 Å². The first-order valence-electron chi connectivity index (χ1n) is 6.98. The van der Waals surface area contributed by atoms with Gasteiger partial charge in [0.05, 0.1) is 18.8 Å².